The van der Waals surface area contributed by atoms with Gasteiger partial charge in [-0.05, 0) is 25.1 Å². The molecule has 2 aromatic heterocycles. The number of aromatic nitrogens is 1. The van der Waals surface area contributed by atoms with Gasteiger partial charge in [-0.15, -0.1) is 11.3 Å². The molecule has 2 saturated heterocycles. The van der Waals surface area contributed by atoms with Crippen LogP contribution < -0.4 is 10.2 Å². The molecule has 3 nitrogen and oxygen atoms in total. The third-order valence-electron chi connectivity index (χ3n) is 3.92. The lowest BCUT2D eigenvalue weighted by Crippen LogP contribution is -2.56. The van der Waals surface area contributed by atoms with E-state index in [1.165, 1.54) is 28.2 Å². The fraction of sp³-hybridized carbons (Fsp3) is 0.462. The van der Waals surface area contributed by atoms with Crippen LogP contribution in [0.5, 0.6) is 0 Å². The molecule has 0 aliphatic carbocycles. The Kier molecular flexibility index (Phi) is 1.99. The monoisotopic (exact) mass is 245 g/mol. The molecule has 2 fully saturated rings. The maximum Gasteiger partial charge on any atom is 0.130 e. The van der Waals surface area contributed by atoms with Crippen molar-refractivity contribution in [1.29, 1.82) is 0 Å². The zero-order chi connectivity index (χ0) is 11.4. The van der Waals surface area contributed by atoms with Gasteiger partial charge in [0.05, 0.1) is 0 Å². The van der Waals surface area contributed by atoms with E-state index in [1.54, 1.807) is 11.3 Å². The lowest BCUT2D eigenvalue weighted by atomic mass is 9.92. The van der Waals surface area contributed by atoms with Crippen LogP contribution in [0.15, 0.2) is 18.2 Å². The summed E-state index contributed by atoms with van der Waals surface area (Å²) >= 11 is 1.79. The van der Waals surface area contributed by atoms with E-state index in [1.807, 2.05) is 0 Å². The molecule has 0 saturated carbocycles. The standard InChI is InChI=1S/C13H15N3S/c1-8-4-9-2-3-12(15-13(9)17-8)16-7-10-5-14-6-11(10)16/h2-4,10-11,14H,5-7H2,1H3. The lowest BCUT2D eigenvalue weighted by molar-refractivity contribution is 0.363. The minimum atomic E-state index is 0.681. The summed E-state index contributed by atoms with van der Waals surface area (Å²) in [5.74, 6) is 2.00. The van der Waals surface area contributed by atoms with Gasteiger partial charge in [-0.2, -0.15) is 0 Å². The van der Waals surface area contributed by atoms with E-state index in [-0.39, 0.29) is 0 Å². The number of anilines is 1. The topological polar surface area (TPSA) is 28.2 Å². The van der Waals surface area contributed by atoms with E-state index >= 15 is 0 Å². The first-order chi connectivity index (χ1) is 8.31. The van der Waals surface area contributed by atoms with Crippen molar-refractivity contribution < 1.29 is 0 Å². The van der Waals surface area contributed by atoms with Crippen LogP contribution in [0.25, 0.3) is 10.2 Å². The normalized spacial score (nSPS) is 27.2. The molecule has 0 bridgehead atoms. The van der Waals surface area contributed by atoms with Crippen molar-refractivity contribution in [1.82, 2.24) is 10.3 Å². The van der Waals surface area contributed by atoms with Crippen LogP contribution in [-0.2, 0) is 0 Å². The molecule has 0 radical (unpaired) electrons. The van der Waals surface area contributed by atoms with Crippen LogP contribution in [0.1, 0.15) is 4.88 Å². The van der Waals surface area contributed by atoms with Crippen LogP contribution in [0.2, 0.25) is 0 Å². The van der Waals surface area contributed by atoms with Gasteiger partial charge in [-0.3, -0.25) is 0 Å². The van der Waals surface area contributed by atoms with E-state index in [9.17, 15) is 0 Å². The molecule has 4 rings (SSSR count). The average molecular weight is 245 g/mol. The van der Waals surface area contributed by atoms with Crippen molar-refractivity contribution in [2.45, 2.75) is 13.0 Å². The number of fused-ring (bicyclic) bond motifs is 2. The molecule has 2 aliphatic rings. The number of nitrogens with one attached hydrogen (secondary N) is 1. The van der Waals surface area contributed by atoms with Gasteiger partial charge in [-0.25, -0.2) is 4.98 Å². The zero-order valence-corrected chi connectivity index (χ0v) is 10.6. The van der Waals surface area contributed by atoms with Gasteiger partial charge in [-0.1, -0.05) is 0 Å². The Hall–Kier alpha value is -1.13. The number of hydrogen-bond donors (Lipinski definition) is 1. The number of thiophene rings is 1. The average Bonchev–Trinajstić information content (AvgIpc) is 2.81. The van der Waals surface area contributed by atoms with Gasteiger partial charge >= 0.3 is 0 Å². The molecule has 0 spiro atoms. The number of nitrogens with zero attached hydrogens (tertiary/aromatic N) is 2. The van der Waals surface area contributed by atoms with Crippen molar-refractivity contribution >= 4 is 27.4 Å². The predicted octanol–water partition coefficient (Wildman–Crippen LogP) is 2.01. The molecule has 4 heteroatoms. The second-order valence-electron chi connectivity index (χ2n) is 5.06. The van der Waals surface area contributed by atoms with Gasteiger partial charge < -0.3 is 10.2 Å². The minimum Gasteiger partial charge on any atom is -0.352 e. The Morgan fingerprint density at radius 2 is 2.35 bits per heavy atom. The van der Waals surface area contributed by atoms with Gasteiger partial charge in [0.1, 0.15) is 10.6 Å². The van der Waals surface area contributed by atoms with Crippen molar-refractivity contribution in [3.05, 3.63) is 23.1 Å². The van der Waals surface area contributed by atoms with E-state index in [4.69, 9.17) is 4.98 Å². The van der Waals surface area contributed by atoms with E-state index < -0.39 is 0 Å². The molecular formula is C13H15N3S. The molecular weight excluding hydrogens is 230 g/mol. The van der Waals surface area contributed by atoms with Crippen LogP contribution in [0.3, 0.4) is 0 Å². The molecule has 1 N–H and O–H groups in total. The Bertz CT molecular complexity index is 577. The molecule has 0 aromatic carbocycles. The predicted molar refractivity (Wildman–Crippen MR) is 71.9 cm³/mol. The molecule has 2 aromatic rings. The summed E-state index contributed by atoms with van der Waals surface area (Å²) < 4.78 is 0. The highest BCUT2D eigenvalue weighted by atomic mass is 32.1. The second-order valence-corrected chi connectivity index (χ2v) is 6.29. The third kappa shape index (κ3) is 1.40. The first-order valence-electron chi connectivity index (χ1n) is 6.16. The smallest absolute Gasteiger partial charge is 0.130 e. The summed E-state index contributed by atoms with van der Waals surface area (Å²) in [4.78, 5) is 9.76. The minimum absolute atomic E-state index is 0.681. The number of rotatable bonds is 1. The molecule has 17 heavy (non-hydrogen) atoms. The highest BCUT2D eigenvalue weighted by molar-refractivity contribution is 7.18. The van der Waals surface area contributed by atoms with Crippen molar-refractivity contribution in [2.24, 2.45) is 5.92 Å². The van der Waals surface area contributed by atoms with Gasteiger partial charge in [0.25, 0.3) is 0 Å². The number of pyridine rings is 1. The van der Waals surface area contributed by atoms with Crippen LogP contribution in [0.4, 0.5) is 5.82 Å². The van der Waals surface area contributed by atoms with Crippen LogP contribution in [0, 0.1) is 12.8 Å². The zero-order valence-electron chi connectivity index (χ0n) is 9.81. The van der Waals surface area contributed by atoms with Crippen LogP contribution >= 0.6 is 11.3 Å². The molecule has 88 valence electrons. The number of hydrogen-bond acceptors (Lipinski definition) is 4. The molecule has 4 heterocycles. The molecule has 2 atom stereocenters. The summed E-state index contributed by atoms with van der Waals surface area (Å²) in [6.45, 7) is 5.61. The maximum atomic E-state index is 4.80. The Labute approximate surface area is 104 Å². The van der Waals surface area contributed by atoms with Crippen LogP contribution in [-0.4, -0.2) is 30.7 Å². The first kappa shape index (κ1) is 9.85. The fourth-order valence-electron chi connectivity index (χ4n) is 2.98. The first-order valence-corrected chi connectivity index (χ1v) is 6.97. The Balaban J connectivity index is 1.71. The molecule has 0 amide bonds. The fourth-order valence-corrected chi connectivity index (χ4v) is 3.85. The lowest BCUT2D eigenvalue weighted by Gasteiger charge is -2.44. The SMILES string of the molecule is Cc1cc2ccc(N3CC4CNCC43)nc2s1. The summed E-state index contributed by atoms with van der Waals surface area (Å²) in [6.07, 6.45) is 0. The van der Waals surface area contributed by atoms with E-state index in [0.29, 0.717) is 6.04 Å². The van der Waals surface area contributed by atoms with Crippen molar-refractivity contribution in [2.75, 3.05) is 24.5 Å². The summed E-state index contributed by atoms with van der Waals surface area (Å²) in [5, 5.41) is 4.73. The summed E-state index contributed by atoms with van der Waals surface area (Å²) in [7, 11) is 0. The number of aryl methyl sites for hydroxylation is 1. The Morgan fingerprint density at radius 1 is 1.41 bits per heavy atom. The largest absolute Gasteiger partial charge is 0.352 e. The van der Waals surface area contributed by atoms with Gasteiger partial charge in [0, 0.05) is 41.9 Å². The molecule has 2 aliphatic heterocycles. The van der Waals surface area contributed by atoms with E-state index in [0.717, 1.165) is 18.3 Å². The molecule has 2 unspecified atom stereocenters. The Morgan fingerprint density at radius 3 is 3.24 bits per heavy atom. The van der Waals surface area contributed by atoms with Crippen molar-refractivity contribution in [3.63, 3.8) is 0 Å². The van der Waals surface area contributed by atoms with Crippen molar-refractivity contribution in [3.8, 4) is 0 Å². The maximum absolute atomic E-state index is 4.80. The second kappa shape index (κ2) is 3.43. The third-order valence-corrected chi connectivity index (χ3v) is 4.88. The van der Waals surface area contributed by atoms with Gasteiger partial charge in [0.15, 0.2) is 0 Å². The van der Waals surface area contributed by atoms with E-state index in [2.05, 4.69) is 35.3 Å². The highest BCUT2D eigenvalue weighted by Crippen LogP contribution is 2.34. The summed E-state index contributed by atoms with van der Waals surface area (Å²) in [5.41, 5.74) is 0. The quantitative estimate of drug-likeness (QED) is 0.833. The van der Waals surface area contributed by atoms with Gasteiger partial charge in [0.2, 0.25) is 0 Å². The highest BCUT2D eigenvalue weighted by Gasteiger charge is 2.42. The summed E-state index contributed by atoms with van der Waals surface area (Å²) in [6, 6.07) is 7.27.